The quantitative estimate of drug-likeness (QED) is 0.397. The van der Waals surface area contributed by atoms with Gasteiger partial charge in [0.05, 0.1) is 5.39 Å². The summed E-state index contributed by atoms with van der Waals surface area (Å²) in [5.41, 5.74) is 1.67. The average Bonchev–Trinajstić information content (AvgIpc) is 3.25. The maximum Gasteiger partial charge on any atom is 0.233 e. The van der Waals surface area contributed by atoms with Crippen molar-refractivity contribution in [1.29, 1.82) is 0 Å². The number of anilines is 1. The summed E-state index contributed by atoms with van der Waals surface area (Å²) in [4.78, 5) is 35.1. The number of nitrogens with zero attached hydrogens (tertiary/aromatic N) is 2. The van der Waals surface area contributed by atoms with Gasteiger partial charge in [0.25, 0.3) is 0 Å². The zero-order chi connectivity index (χ0) is 21.6. The number of ether oxygens (including phenoxy) is 1. The Bertz CT molecular complexity index is 1230. The first-order valence-electron chi connectivity index (χ1n) is 9.43. The molecule has 0 aliphatic carbocycles. The van der Waals surface area contributed by atoms with Gasteiger partial charge in [-0.1, -0.05) is 6.07 Å². The molecule has 0 unspecified atom stereocenters. The van der Waals surface area contributed by atoms with Crippen molar-refractivity contribution in [3.8, 4) is 11.5 Å². The van der Waals surface area contributed by atoms with E-state index in [1.807, 2.05) is 6.07 Å². The highest BCUT2D eigenvalue weighted by molar-refractivity contribution is 6.03. The molecule has 8 nitrogen and oxygen atoms in total. The molecule has 0 saturated heterocycles. The van der Waals surface area contributed by atoms with E-state index in [1.54, 1.807) is 43.0 Å². The summed E-state index contributed by atoms with van der Waals surface area (Å²) in [6.45, 7) is 0.268. The predicted octanol–water partition coefficient (Wildman–Crippen LogP) is 3.53. The van der Waals surface area contributed by atoms with E-state index in [1.165, 1.54) is 12.1 Å². The van der Waals surface area contributed by atoms with Crippen LogP contribution >= 0.6 is 0 Å². The zero-order valence-corrected chi connectivity index (χ0v) is 16.3. The number of nitrogens with one attached hydrogen (secondary N) is 3. The van der Waals surface area contributed by atoms with Gasteiger partial charge in [0, 0.05) is 43.1 Å². The minimum absolute atomic E-state index is 0.000845. The van der Waals surface area contributed by atoms with Crippen LogP contribution in [0.1, 0.15) is 12.0 Å². The number of benzene rings is 1. The molecule has 0 atom stereocenters. The molecular formula is C22H18FN5O3. The van der Waals surface area contributed by atoms with Crippen molar-refractivity contribution in [3.05, 3.63) is 78.6 Å². The molecule has 0 bridgehead atoms. The summed E-state index contributed by atoms with van der Waals surface area (Å²) in [5, 5.41) is 5.86. The Hall–Kier alpha value is -4.27. The average molecular weight is 419 g/mol. The summed E-state index contributed by atoms with van der Waals surface area (Å²) in [6.07, 6.45) is 6.14. The molecule has 3 heterocycles. The van der Waals surface area contributed by atoms with Gasteiger partial charge in [-0.15, -0.1) is 0 Å². The standard InChI is InChI=1S/C22H18FN5O3/c23-17-10-15(28-21(30)11-20(29)27-13-14-2-1-7-24-12-14)3-4-19(17)31-18-6-9-26-22-16(18)5-8-25-22/h1-10,12H,11,13H2,(H,25,26)(H,27,29)(H,28,30). The number of aromatic nitrogens is 3. The van der Waals surface area contributed by atoms with Crippen LogP contribution in [-0.2, 0) is 16.1 Å². The van der Waals surface area contributed by atoms with Gasteiger partial charge in [-0.3, -0.25) is 14.6 Å². The molecule has 3 aromatic heterocycles. The molecule has 0 aliphatic rings. The molecule has 31 heavy (non-hydrogen) atoms. The van der Waals surface area contributed by atoms with Gasteiger partial charge in [-0.25, -0.2) is 9.37 Å². The molecule has 0 spiro atoms. The number of hydrogen-bond donors (Lipinski definition) is 3. The van der Waals surface area contributed by atoms with Crippen molar-refractivity contribution in [2.75, 3.05) is 5.32 Å². The summed E-state index contributed by atoms with van der Waals surface area (Å²) in [5.74, 6) is -1.21. The molecule has 0 fully saturated rings. The van der Waals surface area contributed by atoms with E-state index in [9.17, 15) is 14.0 Å². The number of halogens is 1. The maximum absolute atomic E-state index is 14.5. The van der Waals surface area contributed by atoms with Crippen LogP contribution in [0, 0.1) is 5.82 Å². The lowest BCUT2D eigenvalue weighted by Gasteiger charge is -2.10. The van der Waals surface area contributed by atoms with Crippen molar-refractivity contribution in [2.24, 2.45) is 0 Å². The number of carbonyl (C=O) groups excluding carboxylic acids is 2. The molecule has 0 aliphatic heterocycles. The molecule has 2 amide bonds. The van der Waals surface area contributed by atoms with Gasteiger partial charge in [-0.2, -0.15) is 0 Å². The highest BCUT2D eigenvalue weighted by atomic mass is 19.1. The molecule has 3 N–H and O–H groups in total. The molecule has 4 aromatic rings. The number of H-pyrrole nitrogens is 1. The Labute approximate surface area is 176 Å². The largest absolute Gasteiger partial charge is 0.453 e. The number of carbonyl (C=O) groups is 2. The third-order valence-electron chi connectivity index (χ3n) is 4.39. The lowest BCUT2D eigenvalue weighted by Crippen LogP contribution is -2.27. The summed E-state index contributed by atoms with van der Waals surface area (Å²) in [7, 11) is 0. The van der Waals surface area contributed by atoms with E-state index in [4.69, 9.17) is 4.74 Å². The van der Waals surface area contributed by atoms with Crippen molar-refractivity contribution < 1.29 is 18.7 Å². The van der Waals surface area contributed by atoms with Gasteiger partial charge >= 0.3 is 0 Å². The first kappa shape index (κ1) is 20.0. The van der Waals surface area contributed by atoms with Gasteiger partial charge < -0.3 is 20.4 Å². The van der Waals surface area contributed by atoms with E-state index in [0.29, 0.717) is 11.4 Å². The fourth-order valence-corrected chi connectivity index (χ4v) is 2.92. The number of hydrogen-bond acceptors (Lipinski definition) is 5. The fourth-order valence-electron chi connectivity index (χ4n) is 2.92. The second-order valence-electron chi connectivity index (χ2n) is 6.66. The maximum atomic E-state index is 14.5. The van der Waals surface area contributed by atoms with Gasteiger partial charge in [0.2, 0.25) is 11.8 Å². The zero-order valence-electron chi connectivity index (χ0n) is 16.3. The molecule has 9 heteroatoms. The van der Waals surface area contributed by atoms with E-state index in [2.05, 4.69) is 25.6 Å². The Morgan fingerprint density at radius 1 is 1.06 bits per heavy atom. The van der Waals surface area contributed by atoms with Gasteiger partial charge in [0.1, 0.15) is 17.8 Å². The summed E-state index contributed by atoms with van der Waals surface area (Å²) in [6, 6.07) is 11.0. The smallest absolute Gasteiger partial charge is 0.233 e. The Balaban J connectivity index is 1.34. The van der Waals surface area contributed by atoms with Gasteiger partial charge in [-0.05, 0) is 35.9 Å². The number of aromatic amines is 1. The van der Waals surface area contributed by atoms with Crippen molar-refractivity contribution >= 4 is 28.5 Å². The molecule has 1 aromatic carbocycles. The summed E-state index contributed by atoms with van der Waals surface area (Å²) < 4.78 is 20.2. The molecule has 0 saturated carbocycles. The van der Waals surface area contributed by atoms with Crippen LogP contribution in [-0.4, -0.2) is 26.8 Å². The lowest BCUT2D eigenvalue weighted by atomic mass is 10.2. The second kappa shape index (κ2) is 9.04. The van der Waals surface area contributed by atoms with Crippen LogP contribution in [0.2, 0.25) is 0 Å². The van der Waals surface area contributed by atoms with Crippen molar-refractivity contribution in [2.45, 2.75) is 13.0 Å². The number of pyridine rings is 2. The van der Waals surface area contributed by atoms with E-state index < -0.39 is 17.6 Å². The summed E-state index contributed by atoms with van der Waals surface area (Å²) >= 11 is 0. The minimum atomic E-state index is -0.653. The molecule has 0 radical (unpaired) electrons. The number of fused-ring (bicyclic) bond motifs is 1. The third kappa shape index (κ3) is 5.02. The van der Waals surface area contributed by atoms with Crippen molar-refractivity contribution in [3.63, 3.8) is 0 Å². The topological polar surface area (TPSA) is 109 Å². The van der Waals surface area contributed by atoms with Crippen LogP contribution in [0.3, 0.4) is 0 Å². The van der Waals surface area contributed by atoms with Crippen molar-refractivity contribution in [1.82, 2.24) is 20.3 Å². The normalized spacial score (nSPS) is 10.6. The second-order valence-corrected chi connectivity index (χ2v) is 6.66. The predicted molar refractivity (Wildman–Crippen MR) is 112 cm³/mol. The Morgan fingerprint density at radius 3 is 2.77 bits per heavy atom. The Kier molecular flexibility index (Phi) is 5.84. The third-order valence-corrected chi connectivity index (χ3v) is 4.39. The first-order chi connectivity index (χ1) is 15.1. The lowest BCUT2D eigenvalue weighted by molar-refractivity contribution is -0.126. The van der Waals surface area contributed by atoms with E-state index in [0.717, 1.165) is 17.0 Å². The highest BCUT2D eigenvalue weighted by Gasteiger charge is 2.13. The van der Waals surface area contributed by atoms with Gasteiger partial charge in [0.15, 0.2) is 11.6 Å². The Morgan fingerprint density at radius 2 is 1.97 bits per heavy atom. The monoisotopic (exact) mass is 419 g/mol. The van der Waals surface area contributed by atoms with E-state index >= 15 is 0 Å². The van der Waals surface area contributed by atoms with Crippen LogP contribution in [0.4, 0.5) is 10.1 Å². The van der Waals surface area contributed by atoms with Crippen LogP contribution in [0.25, 0.3) is 11.0 Å². The minimum Gasteiger partial charge on any atom is -0.453 e. The first-order valence-corrected chi connectivity index (χ1v) is 9.43. The van der Waals surface area contributed by atoms with Crippen LogP contribution in [0.5, 0.6) is 11.5 Å². The molecule has 156 valence electrons. The molecule has 4 rings (SSSR count). The van der Waals surface area contributed by atoms with Crippen LogP contribution in [0.15, 0.2) is 67.3 Å². The number of amides is 2. The number of rotatable bonds is 7. The highest BCUT2D eigenvalue weighted by Crippen LogP contribution is 2.31. The molecular weight excluding hydrogens is 401 g/mol. The van der Waals surface area contributed by atoms with Crippen LogP contribution < -0.4 is 15.4 Å². The van der Waals surface area contributed by atoms with E-state index in [-0.39, 0.29) is 24.4 Å². The SMILES string of the molecule is O=C(CC(=O)Nc1ccc(Oc2ccnc3[nH]ccc23)c(F)c1)NCc1cccnc1. The fraction of sp³-hybridized carbons (Fsp3) is 0.0909.